The van der Waals surface area contributed by atoms with Crippen molar-refractivity contribution in [3.05, 3.63) is 23.8 Å². The van der Waals surface area contributed by atoms with E-state index < -0.39 is 26.7 Å². The van der Waals surface area contributed by atoms with Gasteiger partial charge in [0.25, 0.3) is 0 Å². The van der Waals surface area contributed by atoms with Crippen LogP contribution >= 0.6 is 10.2 Å². The first-order valence-electron chi connectivity index (χ1n) is 4.50. The van der Waals surface area contributed by atoms with E-state index in [-0.39, 0.29) is 17.8 Å². The minimum absolute atomic E-state index is 0.0586. The molecule has 0 unspecified atom stereocenters. The minimum atomic E-state index is -9.89. The summed E-state index contributed by atoms with van der Waals surface area (Å²) in [4.78, 5) is 9.55. The lowest BCUT2D eigenvalue weighted by molar-refractivity contribution is 0.0696. The van der Waals surface area contributed by atoms with Gasteiger partial charge in [0, 0.05) is 19.8 Å². The van der Waals surface area contributed by atoms with E-state index in [4.69, 9.17) is 5.11 Å². The first kappa shape index (κ1) is 14.6. The molecule has 0 radical (unpaired) electrons. The van der Waals surface area contributed by atoms with Gasteiger partial charge in [-0.15, -0.1) is 0 Å². The van der Waals surface area contributed by atoms with Crippen molar-refractivity contribution in [3.63, 3.8) is 0 Å². The summed E-state index contributed by atoms with van der Waals surface area (Å²) in [5.74, 6) is -1.71. The lowest BCUT2D eigenvalue weighted by Gasteiger charge is -2.41. The van der Waals surface area contributed by atoms with E-state index in [1.54, 1.807) is 0 Å². The Morgan fingerprint density at radius 1 is 1.11 bits per heavy atom. The number of rotatable bonds is 3. The van der Waals surface area contributed by atoms with Gasteiger partial charge >= 0.3 is 16.2 Å². The van der Waals surface area contributed by atoms with Crippen LogP contribution in [0.5, 0.6) is 0 Å². The van der Waals surface area contributed by atoms with Gasteiger partial charge in [0.1, 0.15) is 4.90 Å². The Bertz CT molecular complexity index is 511. The molecule has 104 valence electrons. The third kappa shape index (κ3) is 3.25. The molecular weight excluding hydrogens is 281 g/mol. The maximum atomic E-state index is 12.6. The van der Waals surface area contributed by atoms with E-state index in [0.717, 1.165) is 11.0 Å². The van der Waals surface area contributed by atoms with Crippen molar-refractivity contribution in [1.82, 2.24) is 0 Å². The highest BCUT2D eigenvalue weighted by atomic mass is 32.5. The van der Waals surface area contributed by atoms with Crippen molar-refractivity contribution in [2.75, 3.05) is 19.0 Å². The third-order valence-corrected chi connectivity index (χ3v) is 3.23. The SMILES string of the molecule is CN(C)c1cc(C(=O)O)cc(S(F)(F)(F)(F)F)c1. The Morgan fingerprint density at radius 3 is 1.94 bits per heavy atom. The normalized spacial score (nSPS) is 15.7. The molecule has 0 heterocycles. The Kier molecular flexibility index (Phi) is 2.65. The Morgan fingerprint density at radius 2 is 1.61 bits per heavy atom. The number of halogens is 5. The van der Waals surface area contributed by atoms with Crippen LogP contribution in [-0.4, -0.2) is 25.2 Å². The highest BCUT2D eigenvalue weighted by Gasteiger charge is 2.65. The molecule has 0 spiro atoms. The van der Waals surface area contributed by atoms with Gasteiger partial charge in [0.15, 0.2) is 0 Å². The van der Waals surface area contributed by atoms with Crippen LogP contribution in [0.2, 0.25) is 0 Å². The fraction of sp³-hybridized carbons (Fsp3) is 0.222. The van der Waals surface area contributed by atoms with Crippen molar-refractivity contribution >= 4 is 21.9 Å². The molecule has 0 aromatic heterocycles. The van der Waals surface area contributed by atoms with Gasteiger partial charge < -0.3 is 10.0 Å². The number of nitrogens with zero attached hydrogens (tertiary/aromatic N) is 1. The van der Waals surface area contributed by atoms with E-state index in [9.17, 15) is 24.2 Å². The van der Waals surface area contributed by atoms with Gasteiger partial charge in [-0.05, 0) is 18.2 Å². The van der Waals surface area contributed by atoms with Crippen LogP contribution < -0.4 is 4.90 Å². The summed E-state index contributed by atoms with van der Waals surface area (Å²) in [6, 6.07) is 1.06. The van der Waals surface area contributed by atoms with Crippen LogP contribution in [0.1, 0.15) is 10.4 Å². The maximum Gasteiger partial charge on any atom is 0.335 e. The maximum absolute atomic E-state index is 12.6. The molecule has 18 heavy (non-hydrogen) atoms. The first-order valence-corrected chi connectivity index (χ1v) is 6.45. The van der Waals surface area contributed by atoms with Crippen LogP contribution in [0.3, 0.4) is 0 Å². The summed E-state index contributed by atoms with van der Waals surface area (Å²) in [5, 5.41) is 8.63. The Labute approximate surface area is 99.5 Å². The zero-order valence-corrected chi connectivity index (χ0v) is 10.1. The molecule has 0 atom stereocenters. The lowest BCUT2D eigenvalue weighted by Crippen LogP contribution is -2.13. The second-order valence-corrected chi connectivity index (χ2v) is 6.29. The largest absolute Gasteiger partial charge is 0.478 e. The minimum Gasteiger partial charge on any atom is -0.478 e. The standard InChI is InChI=1S/C9H10F5NO2S/c1-15(2)7-3-6(9(16)17)4-8(5-7)18(10,11,12,13)14/h3-5H,1-2H3,(H,16,17). The number of carboxylic acids is 1. The van der Waals surface area contributed by atoms with Gasteiger partial charge in [0.05, 0.1) is 5.56 Å². The van der Waals surface area contributed by atoms with E-state index in [1.807, 2.05) is 0 Å². The Hall–Kier alpha value is -1.51. The van der Waals surface area contributed by atoms with Crippen molar-refractivity contribution in [3.8, 4) is 0 Å². The van der Waals surface area contributed by atoms with Crippen LogP contribution in [0.15, 0.2) is 23.1 Å². The van der Waals surface area contributed by atoms with Gasteiger partial charge in [-0.1, -0.05) is 19.4 Å². The molecule has 0 fully saturated rings. The van der Waals surface area contributed by atoms with Gasteiger partial charge in [-0.3, -0.25) is 0 Å². The van der Waals surface area contributed by atoms with Gasteiger partial charge in [-0.25, -0.2) is 4.79 Å². The monoisotopic (exact) mass is 291 g/mol. The van der Waals surface area contributed by atoms with Gasteiger partial charge in [0.2, 0.25) is 0 Å². The number of hydrogen-bond acceptors (Lipinski definition) is 2. The van der Waals surface area contributed by atoms with Crippen LogP contribution in [-0.2, 0) is 0 Å². The number of carbonyl (C=O) groups is 1. The third-order valence-electron chi connectivity index (χ3n) is 2.10. The summed E-state index contributed by atoms with van der Waals surface area (Å²) < 4.78 is 63.1. The molecular formula is C9H10F5NO2S. The number of carboxylic acid groups (broad SMARTS) is 1. The molecule has 0 aliphatic heterocycles. The molecule has 0 saturated carbocycles. The first-order chi connectivity index (χ1) is 7.70. The topological polar surface area (TPSA) is 40.5 Å². The van der Waals surface area contributed by atoms with Crippen molar-refractivity contribution in [1.29, 1.82) is 0 Å². The second kappa shape index (κ2) is 3.28. The molecule has 3 nitrogen and oxygen atoms in total. The van der Waals surface area contributed by atoms with Crippen molar-refractivity contribution < 1.29 is 29.3 Å². The van der Waals surface area contributed by atoms with Crippen LogP contribution in [0, 0.1) is 0 Å². The summed E-state index contributed by atoms with van der Waals surface area (Å²) in [6.07, 6.45) is 0. The summed E-state index contributed by atoms with van der Waals surface area (Å²) in [5.41, 5.74) is -1.11. The lowest BCUT2D eigenvalue weighted by atomic mass is 10.2. The molecule has 1 aromatic carbocycles. The summed E-state index contributed by atoms with van der Waals surface area (Å²) in [6.45, 7) is 0. The molecule has 1 N–H and O–H groups in total. The highest BCUT2D eigenvalue weighted by Crippen LogP contribution is 3.02. The molecule has 1 aromatic rings. The second-order valence-electron chi connectivity index (χ2n) is 3.88. The van der Waals surface area contributed by atoms with Crippen molar-refractivity contribution in [2.24, 2.45) is 0 Å². The number of aromatic carboxylic acids is 1. The summed E-state index contributed by atoms with van der Waals surface area (Å²) in [7, 11) is -7.26. The van der Waals surface area contributed by atoms with Crippen LogP contribution in [0.4, 0.5) is 25.1 Å². The smallest absolute Gasteiger partial charge is 0.335 e. The van der Waals surface area contributed by atoms with E-state index in [0.29, 0.717) is 0 Å². The zero-order valence-electron chi connectivity index (χ0n) is 9.33. The van der Waals surface area contributed by atoms with Gasteiger partial charge in [-0.2, -0.15) is 0 Å². The van der Waals surface area contributed by atoms with Crippen molar-refractivity contribution in [2.45, 2.75) is 4.90 Å². The molecule has 0 aliphatic carbocycles. The number of hydrogen-bond donors (Lipinski definition) is 1. The van der Waals surface area contributed by atoms with E-state index >= 15 is 0 Å². The zero-order chi connectivity index (χ0) is 14.4. The predicted molar refractivity (Wildman–Crippen MR) is 59.1 cm³/mol. The van der Waals surface area contributed by atoms with Crippen LogP contribution in [0.25, 0.3) is 0 Å². The average Bonchev–Trinajstić information content (AvgIpc) is 2.13. The molecule has 0 bridgehead atoms. The number of anilines is 1. The molecule has 0 saturated heterocycles. The van der Waals surface area contributed by atoms with E-state index in [1.165, 1.54) is 14.1 Å². The molecule has 1 rings (SSSR count). The molecule has 9 heteroatoms. The highest BCUT2D eigenvalue weighted by molar-refractivity contribution is 8.45. The average molecular weight is 291 g/mol. The molecule has 0 aliphatic rings. The summed E-state index contributed by atoms with van der Waals surface area (Å²) >= 11 is 0. The molecule has 0 amide bonds. The fourth-order valence-corrected chi connectivity index (χ4v) is 1.88. The number of benzene rings is 1. The Balaban J connectivity index is 3.63. The fourth-order valence-electron chi connectivity index (χ4n) is 1.19. The van der Waals surface area contributed by atoms with E-state index in [2.05, 4.69) is 0 Å². The quantitative estimate of drug-likeness (QED) is 0.852. The predicted octanol–water partition coefficient (Wildman–Crippen LogP) is 4.11.